The summed E-state index contributed by atoms with van der Waals surface area (Å²) in [6.07, 6.45) is 3.71. The quantitative estimate of drug-likeness (QED) is 0.942. The maximum Gasteiger partial charge on any atom is 0.226 e. The van der Waals surface area contributed by atoms with Crippen LogP contribution in [0.2, 0.25) is 0 Å². The van der Waals surface area contributed by atoms with Crippen LogP contribution in [-0.2, 0) is 6.54 Å². The van der Waals surface area contributed by atoms with Crippen molar-refractivity contribution in [2.24, 2.45) is 0 Å². The van der Waals surface area contributed by atoms with E-state index in [4.69, 9.17) is 4.42 Å². The first kappa shape index (κ1) is 15.2. The van der Waals surface area contributed by atoms with E-state index in [1.165, 1.54) is 12.1 Å². The molecule has 1 aliphatic heterocycles. The average Bonchev–Trinajstić information content (AvgIpc) is 3.09. The van der Waals surface area contributed by atoms with Crippen LogP contribution in [0.1, 0.15) is 32.4 Å². The molecule has 3 rings (SSSR count). The maximum absolute atomic E-state index is 13.0. The van der Waals surface area contributed by atoms with Gasteiger partial charge in [-0.1, -0.05) is 0 Å². The topological polar surface area (TPSA) is 49.5 Å². The molecule has 0 radical (unpaired) electrons. The molecule has 1 atom stereocenters. The predicted octanol–water partition coefficient (Wildman–Crippen LogP) is 3.22. The Hall–Kier alpha value is -1.72. The minimum absolute atomic E-state index is 0.137. The van der Waals surface area contributed by atoms with Crippen LogP contribution in [0, 0.1) is 5.82 Å². The molecule has 4 nitrogen and oxygen atoms in total. The molecule has 0 bridgehead atoms. The minimum atomic E-state index is -0.722. The van der Waals surface area contributed by atoms with Crippen LogP contribution in [0.15, 0.2) is 34.9 Å². The molecule has 1 fully saturated rings. The molecule has 0 saturated carbocycles. The number of oxazole rings is 1. The summed E-state index contributed by atoms with van der Waals surface area (Å²) < 4.78 is 18.5. The van der Waals surface area contributed by atoms with Gasteiger partial charge in [-0.25, -0.2) is 9.37 Å². The van der Waals surface area contributed by atoms with Gasteiger partial charge in [0, 0.05) is 18.2 Å². The first-order chi connectivity index (χ1) is 10.4. The molecule has 1 unspecified atom stereocenters. The summed E-state index contributed by atoms with van der Waals surface area (Å²) in [5.74, 6) is 0.217. The SMILES string of the molecule is CC(C)(O)C1CCCN1Cc1coc(-c2ccc(F)cc2)n1. The molecule has 5 heteroatoms. The Bertz CT molecular complexity index is 631. The molecule has 2 heterocycles. The Kier molecular flexibility index (Phi) is 4.02. The lowest BCUT2D eigenvalue weighted by Crippen LogP contribution is -2.45. The average molecular weight is 304 g/mol. The molecule has 1 aromatic carbocycles. The first-order valence-corrected chi connectivity index (χ1v) is 7.60. The summed E-state index contributed by atoms with van der Waals surface area (Å²) in [5, 5.41) is 10.3. The van der Waals surface area contributed by atoms with Gasteiger partial charge in [0.1, 0.15) is 12.1 Å². The van der Waals surface area contributed by atoms with E-state index in [-0.39, 0.29) is 11.9 Å². The highest BCUT2D eigenvalue weighted by molar-refractivity contribution is 5.52. The molecule has 0 aliphatic carbocycles. The van der Waals surface area contributed by atoms with Crippen molar-refractivity contribution < 1.29 is 13.9 Å². The highest BCUT2D eigenvalue weighted by atomic mass is 19.1. The summed E-state index contributed by atoms with van der Waals surface area (Å²) in [5.41, 5.74) is 0.864. The largest absolute Gasteiger partial charge is 0.444 e. The van der Waals surface area contributed by atoms with Crippen LogP contribution >= 0.6 is 0 Å². The Morgan fingerprint density at radius 1 is 1.36 bits per heavy atom. The zero-order valence-corrected chi connectivity index (χ0v) is 12.9. The first-order valence-electron chi connectivity index (χ1n) is 7.60. The second-order valence-corrected chi connectivity index (χ2v) is 6.43. The molecule has 1 aromatic heterocycles. The lowest BCUT2D eigenvalue weighted by Gasteiger charge is -2.33. The lowest BCUT2D eigenvalue weighted by molar-refractivity contribution is -0.00537. The van der Waals surface area contributed by atoms with Crippen molar-refractivity contribution in [3.63, 3.8) is 0 Å². The Morgan fingerprint density at radius 3 is 2.77 bits per heavy atom. The molecule has 1 aliphatic rings. The summed E-state index contributed by atoms with van der Waals surface area (Å²) in [7, 11) is 0. The fourth-order valence-electron chi connectivity index (χ4n) is 3.13. The van der Waals surface area contributed by atoms with Crippen molar-refractivity contribution in [1.82, 2.24) is 9.88 Å². The second-order valence-electron chi connectivity index (χ2n) is 6.43. The van der Waals surface area contributed by atoms with Gasteiger partial charge in [-0.15, -0.1) is 0 Å². The van der Waals surface area contributed by atoms with Gasteiger partial charge in [0.15, 0.2) is 0 Å². The Balaban J connectivity index is 1.73. The van der Waals surface area contributed by atoms with Gasteiger partial charge in [-0.05, 0) is 57.5 Å². The molecular weight excluding hydrogens is 283 g/mol. The van der Waals surface area contributed by atoms with Gasteiger partial charge in [-0.3, -0.25) is 4.90 Å². The van der Waals surface area contributed by atoms with Gasteiger partial charge in [0.2, 0.25) is 5.89 Å². The van der Waals surface area contributed by atoms with E-state index in [0.717, 1.165) is 30.6 Å². The van der Waals surface area contributed by atoms with E-state index in [0.29, 0.717) is 12.4 Å². The number of nitrogens with zero attached hydrogens (tertiary/aromatic N) is 2. The van der Waals surface area contributed by atoms with E-state index in [9.17, 15) is 9.50 Å². The van der Waals surface area contributed by atoms with Crippen molar-refractivity contribution in [2.75, 3.05) is 6.54 Å². The number of rotatable bonds is 4. The number of benzene rings is 1. The fraction of sp³-hybridized carbons (Fsp3) is 0.471. The van der Waals surface area contributed by atoms with Crippen LogP contribution in [0.25, 0.3) is 11.5 Å². The monoisotopic (exact) mass is 304 g/mol. The van der Waals surface area contributed by atoms with Crippen molar-refractivity contribution in [3.05, 3.63) is 42.0 Å². The summed E-state index contributed by atoms with van der Waals surface area (Å²) in [6.45, 7) is 5.30. The second kappa shape index (κ2) is 5.82. The smallest absolute Gasteiger partial charge is 0.226 e. The molecule has 1 N–H and O–H groups in total. The Morgan fingerprint density at radius 2 is 2.09 bits per heavy atom. The van der Waals surface area contributed by atoms with Gasteiger partial charge >= 0.3 is 0 Å². The zero-order chi connectivity index (χ0) is 15.7. The van der Waals surface area contributed by atoms with Gasteiger partial charge < -0.3 is 9.52 Å². The fourth-order valence-corrected chi connectivity index (χ4v) is 3.13. The third-order valence-electron chi connectivity index (χ3n) is 4.19. The molecule has 0 spiro atoms. The highest BCUT2D eigenvalue weighted by Gasteiger charge is 2.36. The predicted molar refractivity (Wildman–Crippen MR) is 81.6 cm³/mol. The number of aliphatic hydroxyl groups is 1. The van der Waals surface area contributed by atoms with E-state index in [1.54, 1.807) is 18.4 Å². The third kappa shape index (κ3) is 3.20. The van der Waals surface area contributed by atoms with Gasteiger partial charge in [-0.2, -0.15) is 0 Å². The molecule has 1 saturated heterocycles. The Labute approximate surface area is 129 Å². The van der Waals surface area contributed by atoms with Crippen molar-refractivity contribution in [1.29, 1.82) is 0 Å². The van der Waals surface area contributed by atoms with Crippen molar-refractivity contribution in [2.45, 2.75) is 44.9 Å². The molecule has 2 aromatic rings. The highest BCUT2D eigenvalue weighted by Crippen LogP contribution is 2.28. The van der Waals surface area contributed by atoms with E-state index >= 15 is 0 Å². The number of halogens is 1. The number of likely N-dealkylation sites (tertiary alicyclic amines) is 1. The number of hydrogen-bond donors (Lipinski definition) is 1. The van der Waals surface area contributed by atoms with Crippen LogP contribution in [-0.4, -0.2) is 33.2 Å². The minimum Gasteiger partial charge on any atom is -0.444 e. The van der Waals surface area contributed by atoms with Crippen LogP contribution in [0.5, 0.6) is 0 Å². The molecule has 0 amide bonds. The summed E-state index contributed by atoms with van der Waals surface area (Å²) in [6, 6.07) is 6.23. The normalized spacial score (nSPS) is 19.7. The maximum atomic E-state index is 13.0. The number of aromatic nitrogens is 1. The van der Waals surface area contributed by atoms with Crippen molar-refractivity contribution in [3.8, 4) is 11.5 Å². The standard InChI is InChI=1S/C17H21FN2O2/c1-17(2,21)15-4-3-9-20(15)10-14-11-22-16(19-14)12-5-7-13(18)8-6-12/h5-8,11,15,21H,3-4,9-10H2,1-2H3. The molecule has 118 valence electrons. The lowest BCUT2D eigenvalue weighted by atomic mass is 9.96. The van der Waals surface area contributed by atoms with Gasteiger partial charge in [0.25, 0.3) is 0 Å². The van der Waals surface area contributed by atoms with Gasteiger partial charge in [0.05, 0.1) is 11.3 Å². The third-order valence-corrected chi connectivity index (χ3v) is 4.19. The summed E-state index contributed by atoms with van der Waals surface area (Å²) >= 11 is 0. The van der Waals surface area contributed by atoms with Crippen LogP contribution in [0.3, 0.4) is 0 Å². The molecule has 22 heavy (non-hydrogen) atoms. The van der Waals surface area contributed by atoms with E-state index in [2.05, 4.69) is 9.88 Å². The van der Waals surface area contributed by atoms with Crippen LogP contribution < -0.4 is 0 Å². The van der Waals surface area contributed by atoms with E-state index < -0.39 is 5.60 Å². The van der Waals surface area contributed by atoms with Crippen LogP contribution in [0.4, 0.5) is 4.39 Å². The number of hydrogen-bond acceptors (Lipinski definition) is 4. The molecular formula is C17H21FN2O2. The zero-order valence-electron chi connectivity index (χ0n) is 12.9. The van der Waals surface area contributed by atoms with E-state index in [1.807, 2.05) is 13.8 Å². The summed E-state index contributed by atoms with van der Waals surface area (Å²) in [4.78, 5) is 6.72. The van der Waals surface area contributed by atoms with Crippen molar-refractivity contribution >= 4 is 0 Å².